The number of hydrogen-bond donors (Lipinski definition) is 0. The molecule has 0 aromatic carbocycles. The van der Waals surface area contributed by atoms with Gasteiger partial charge in [-0.05, 0) is 80.5 Å². The largest absolute Gasteiger partial charge is 0.303 e. The summed E-state index contributed by atoms with van der Waals surface area (Å²) in [5.74, 6) is 2.71. The smallest absolute Gasteiger partial charge is 0.178 e. The molecule has 5 atom stereocenters. The minimum absolute atomic E-state index is 0.221. The summed E-state index contributed by atoms with van der Waals surface area (Å²) in [5, 5.41) is 0. The Morgan fingerprint density at radius 1 is 1.22 bits per heavy atom. The van der Waals surface area contributed by atoms with Gasteiger partial charge in [0.15, 0.2) is 5.78 Å². The van der Waals surface area contributed by atoms with Crippen LogP contribution in [0.4, 0.5) is 0 Å². The fourth-order valence-electron chi connectivity index (χ4n) is 5.04. The highest BCUT2D eigenvalue weighted by Crippen LogP contribution is 2.62. The summed E-state index contributed by atoms with van der Waals surface area (Å²) in [6, 6.07) is 0. The van der Waals surface area contributed by atoms with E-state index in [2.05, 4.69) is 6.08 Å². The summed E-state index contributed by atoms with van der Waals surface area (Å²) in [7, 11) is 0.393. The van der Waals surface area contributed by atoms with Gasteiger partial charge in [0.1, 0.15) is 6.29 Å². The molecule has 1 saturated carbocycles. The molecule has 2 heterocycles. The molecule has 2 saturated heterocycles. The van der Waals surface area contributed by atoms with Crippen LogP contribution in [0.2, 0.25) is 0 Å². The van der Waals surface area contributed by atoms with Gasteiger partial charge in [-0.25, -0.2) is 0 Å². The Kier molecular flexibility index (Phi) is 5.85. The predicted molar refractivity (Wildman–Crippen MR) is 97.2 cm³/mol. The molecule has 0 N–H and O–H groups in total. The minimum Gasteiger partial charge on any atom is -0.303 e. The van der Waals surface area contributed by atoms with Gasteiger partial charge >= 0.3 is 0 Å². The van der Waals surface area contributed by atoms with E-state index in [-0.39, 0.29) is 5.78 Å². The standard InChI is InChI=1S/C16H21OP.C4H8O/c17-12-4-6-13-11(10-12)3-5-15-14(13)7-9-18-8-1-2-16(15)18;1-2-3-4-5/h4,6,10,13-16H,1-3,5,7-9H2;4H,2-3H2,1H3. The van der Waals surface area contributed by atoms with Gasteiger partial charge in [0.05, 0.1) is 0 Å². The Bertz CT molecular complexity index is 508. The number of fused-ring (bicyclic) bond motifs is 5. The molecular weight excluding hydrogens is 303 g/mol. The van der Waals surface area contributed by atoms with Crippen molar-refractivity contribution in [2.75, 3.05) is 12.3 Å². The molecule has 23 heavy (non-hydrogen) atoms. The highest BCUT2D eigenvalue weighted by molar-refractivity contribution is 7.58. The zero-order valence-electron chi connectivity index (χ0n) is 14.2. The van der Waals surface area contributed by atoms with Crippen molar-refractivity contribution in [3.8, 4) is 0 Å². The van der Waals surface area contributed by atoms with Crippen molar-refractivity contribution >= 4 is 20.0 Å². The van der Waals surface area contributed by atoms with E-state index in [1.54, 1.807) is 6.16 Å². The molecule has 0 bridgehead atoms. The maximum Gasteiger partial charge on any atom is 0.178 e. The van der Waals surface area contributed by atoms with Crippen molar-refractivity contribution in [3.63, 3.8) is 0 Å². The molecule has 0 radical (unpaired) electrons. The summed E-state index contributed by atoms with van der Waals surface area (Å²) >= 11 is 0. The van der Waals surface area contributed by atoms with Crippen LogP contribution in [0.25, 0.3) is 0 Å². The molecule has 0 aromatic heterocycles. The van der Waals surface area contributed by atoms with Crippen LogP contribution in [-0.2, 0) is 9.59 Å². The third-order valence-electron chi connectivity index (χ3n) is 6.07. The van der Waals surface area contributed by atoms with E-state index < -0.39 is 0 Å². The van der Waals surface area contributed by atoms with Crippen LogP contribution < -0.4 is 0 Å². The Morgan fingerprint density at radius 2 is 2.09 bits per heavy atom. The van der Waals surface area contributed by atoms with Gasteiger partial charge in [-0.15, -0.1) is 7.92 Å². The van der Waals surface area contributed by atoms with Gasteiger partial charge in [0, 0.05) is 12.3 Å². The average Bonchev–Trinajstić information content (AvgIpc) is 3.04. The van der Waals surface area contributed by atoms with E-state index in [9.17, 15) is 9.59 Å². The molecule has 3 fully saturated rings. The minimum atomic E-state index is 0.221. The SMILES string of the molecule is CCCC=O.O=C1C=CC2C(=C1)CCC1C2CCP2CCCC12. The second kappa shape index (κ2) is 7.88. The summed E-state index contributed by atoms with van der Waals surface area (Å²) in [6.07, 6.45) is 18.7. The van der Waals surface area contributed by atoms with Crippen LogP contribution in [0, 0.1) is 17.8 Å². The summed E-state index contributed by atoms with van der Waals surface area (Å²) < 4.78 is 0. The van der Waals surface area contributed by atoms with Crippen molar-refractivity contribution in [2.24, 2.45) is 17.8 Å². The molecule has 2 aliphatic heterocycles. The fourth-order valence-corrected chi connectivity index (χ4v) is 8.60. The molecular formula is C20H29O2P. The Labute approximate surface area is 141 Å². The first kappa shape index (κ1) is 17.1. The highest BCUT2D eigenvalue weighted by Gasteiger charge is 2.46. The normalized spacial score (nSPS) is 37.7. The number of aldehydes is 1. The van der Waals surface area contributed by atoms with Crippen LogP contribution >= 0.6 is 7.92 Å². The van der Waals surface area contributed by atoms with E-state index in [0.29, 0.717) is 20.3 Å². The van der Waals surface area contributed by atoms with Crippen molar-refractivity contribution in [3.05, 3.63) is 23.8 Å². The Hall–Kier alpha value is -0.750. The first-order valence-corrected chi connectivity index (χ1v) is 11.1. The predicted octanol–water partition coefficient (Wildman–Crippen LogP) is 4.73. The Morgan fingerprint density at radius 3 is 2.83 bits per heavy atom. The molecule has 5 unspecified atom stereocenters. The maximum absolute atomic E-state index is 11.5. The van der Waals surface area contributed by atoms with Crippen LogP contribution in [-0.4, -0.2) is 30.1 Å². The van der Waals surface area contributed by atoms with E-state index in [1.165, 1.54) is 43.8 Å². The number of unbranched alkanes of at least 4 members (excludes halogenated alkanes) is 1. The molecule has 4 rings (SSSR count). The zero-order valence-corrected chi connectivity index (χ0v) is 15.1. The van der Waals surface area contributed by atoms with Crippen molar-refractivity contribution < 1.29 is 9.59 Å². The molecule has 3 heteroatoms. The molecule has 0 amide bonds. The summed E-state index contributed by atoms with van der Waals surface area (Å²) in [6.45, 7) is 1.98. The van der Waals surface area contributed by atoms with E-state index in [1.807, 2.05) is 19.1 Å². The lowest BCUT2D eigenvalue weighted by Crippen LogP contribution is -2.39. The van der Waals surface area contributed by atoms with Gasteiger partial charge in [0.25, 0.3) is 0 Å². The highest BCUT2D eigenvalue weighted by atomic mass is 31.1. The summed E-state index contributed by atoms with van der Waals surface area (Å²) in [4.78, 5) is 20.9. The number of hydrogen-bond acceptors (Lipinski definition) is 2. The molecule has 2 nitrogen and oxygen atoms in total. The third kappa shape index (κ3) is 3.68. The third-order valence-corrected chi connectivity index (χ3v) is 9.37. The molecule has 2 aliphatic carbocycles. The average molecular weight is 332 g/mol. The monoisotopic (exact) mass is 332 g/mol. The van der Waals surface area contributed by atoms with Gasteiger partial charge < -0.3 is 4.79 Å². The second-order valence-corrected chi connectivity index (χ2v) is 10.1. The van der Waals surface area contributed by atoms with E-state index in [4.69, 9.17) is 0 Å². The number of carbonyl (C=O) groups is 2. The molecule has 126 valence electrons. The van der Waals surface area contributed by atoms with Crippen molar-refractivity contribution in [1.29, 1.82) is 0 Å². The number of carbonyl (C=O) groups excluding carboxylic acids is 2. The van der Waals surface area contributed by atoms with Gasteiger partial charge in [0.2, 0.25) is 0 Å². The number of allylic oxidation sites excluding steroid dienone is 4. The maximum atomic E-state index is 11.5. The molecule has 0 aromatic rings. The van der Waals surface area contributed by atoms with Gasteiger partial charge in [-0.3, -0.25) is 4.79 Å². The quantitative estimate of drug-likeness (QED) is 0.541. The van der Waals surface area contributed by atoms with Crippen LogP contribution in [0.1, 0.15) is 51.9 Å². The Balaban J connectivity index is 0.000000276. The topological polar surface area (TPSA) is 34.1 Å². The second-order valence-electron chi connectivity index (χ2n) is 7.36. The number of ketones is 1. The molecule has 4 aliphatic rings. The van der Waals surface area contributed by atoms with Crippen LogP contribution in [0.5, 0.6) is 0 Å². The number of rotatable bonds is 2. The van der Waals surface area contributed by atoms with Crippen molar-refractivity contribution in [1.82, 2.24) is 0 Å². The summed E-state index contributed by atoms with van der Waals surface area (Å²) in [5.41, 5.74) is 2.54. The van der Waals surface area contributed by atoms with Crippen LogP contribution in [0.3, 0.4) is 0 Å². The first-order valence-electron chi connectivity index (χ1n) is 9.35. The van der Waals surface area contributed by atoms with Gasteiger partial charge in [-0.1, -0.05) is 18.6 Å². The lowest BCUT2D eigenvalue weighted by atomic mass is 9.65. The lowest BCUT2D eigenvalue weighted by molar-refractivity contribution is -0.110. The van der Waals surface area contributed by atoms with E-state index >= 15 is 0 Å². The zero-order chi connectivity index (χ0) is 16.2. The molecule has 0 spiro atoms. The first-order chi connectivity index (χ1) is 11.2. The fraction of sp³-hybridized carbons (Fsp3) is 0.700. The van der Waals surface area contributed by atoms with Crippen LogP contribution in [0.15, 0.2) is 23.8 Å². The van der Waals surface area contributed by atoms with E-state index in [0.717, 1.165) is 30.2 Å². The van der Waals surface area contributed by atoms with Crippen molar-refractivity contribution in [2.45, 2.75) is 57.5 Å². The van der Waals surface area contributed by atoms with Gasteiger partial charge in [-0.2, -0.15) is 0 Å². The lowest BCUT2D eigenvalue weighted by Gasteiger charge is -2.48.